The molecule has 0 radical (unpaired) electrons. The van der Waals surface area contributed by atoms with Crippen LogP contribution >= 0.6 is 23.1 Å². The van der Waals surface area contributed by atoms with Crippen LogP contribution in [-0.2, 0) is 19.4 Å². The van der Waals surface area contributed by atoms with Crippen LogP contribution in [0.2, 0.25) is 0 Å². The molecule has 1 atom stereocenters. The van der Waals surface area contributed by atoms with E-state index in [4.69, 9.17) is 10.2 Å². The Morgan fingerprint density at radius 3 is 3.00 bits per heavy atom. The van der Waals surface area contributed by atoms with Gasteiger partial charge < -0.3 is 0 Å². The maximum Gasteiger partial charge on any atom is 0.263 e. The van der Waals surface area contributed by atoms with Gasteiger partial charge in [0.2, 0.25) is 0 Å². The predicted octanol–water partition coefficient (Wildman–Crippen LogP) is 4.24. The third kappa shape index (κ3) is 3.38. The highest BCUT2D eigenvalue weighted by molar-refractivity contribution is 7.99. The summed E-state index contributed by atoms with van der Waals surface area (Å²) in [7, 11) is 0. The minimum atomic E-state index is 0.0909. The highest BCUT2D eigenvalue weighted by Gasteiger charge is 2.24. The van der Waals surface area contributed by atoms with Crippen molar-refractivity contribution >= 4 is 33.3 Å². The molecule has 1 aliphatic carbocycles. The minimum absolute atomic E-state index is 0.0909. The fourth-order valence-corrected chi connectivity index (χ4v) is 5.31. The molecule has 3 rings (SSSR count). The molecule has 0 saturated carbocycles. The zero-order valence-electron chi connectivity index (χ0n) is 14.5. The van der Waals surface area contributed by atoms with E-state index in [0.717, 1.165) is 35.9 Å². The smallest absolute Gasteiger partial charge is 0.263 e. The number of hydrogen-bond donors (Lipinski definition) is 0. The van der Waals surface area contributed by atoms with Gasteiger partial charge in [0.15, 0.2) is 5.16 Å². The van der Waals surface area contributed by atoms with Gasteiger partial charge in [-0.15, -0.1) is 11.3 Å². The summed E-state index contributed by atoms with van der Waals surface area (Å²) in [6, 6.07) is 2.14. The molecule has 0 saturated heterocycles. The van der Waals surface area contributed by atoms with E-state index in [-0.39, 0.29) is 5.56 Å². The quantitative estimate of drug-likeness (QED) is 0.590. The van der Waals surface area contributed by atoms with Gasteiger partial charge in [-0.3, -0.25) is 9.36 Å². The number of hydrogen-bond acceptors (Lipinski definition) is 5. The molecule has 1 aliphatic rings. The molecule has 0 fully saturated rings. The predicted molar refractivity (Wildman–Crippen MR) is 101 cm³/mol. The van der Waals surface area contributed by atoms with E-state index in [2.05, 4.69) is 26.8 Å². The largest absolute Gasteiger partial charge is 0.287 e. The lowest BCUT2D eigenvalue weighted by atomic mass is 9.89. The first kappa shape index (κ1) is 17.5. The summed E-state index contributed by atoms with van der Waals surface area (Å²) in [5.41, 5.74) is 1.33. The number of aryl methyl sites for hydroxylation is 1. The number of thiophene rings is 1. The molecule has 0 aliphatic heterocycles. The maximum absolute atomic E-state index is 13.2. The first-order chi connectivity index (χ1) is 11.5. The highest BCUT2D eigenvalue weighted by atomic mass is 32.2. The number of rotatable bonds is 5. The molecule has 2 heterocycles. The Morgan fingerprint density at radius 2 is 2.29 bits per heavy atom. The van der Waals surface area contributed by atoms with Gasteiger partial charge in [0.1, 0.15) is 4.83 Å². The topological polar surface area (TPSA) is 58.7 Å². The summed E-state index contributed by atoms with van der Waals surface area (Å²) in [4.78, 5) is 20.1. The van der Waals surface area contributed by atoms with Gasteiger partial charge in [-0.1, -0.05) is 32.5 Å². The molecule has 6 heteroatoms. The van der Waals surface area contributed by atoms with Crippen molar-refractivity contribution in [1.82, 2.24) is 9.55 Å². The van der Waals surface area contributed by atoms with Crippen molar-refractivity contribution in [2.45, 2.75) is 58.2 Å². The van der Waals surface area contributed by atoms with Crippen molar-refractivity contribution in [1.29, 1.82) is 5.26 Å². The molecule has 0 spiro atoms. The number of nitrogens with zero attached hydrogens (tertiary/aromatic N) is 3. The van der Waals surface area contributed by atoms with Crippen LogP contribution < -0.4 is 5.56 Å². The summed E-state index contributed by atoms with van der Waals surface area (Å²) in [5.74, 6) is 1.53. The summed E-state index contributed by atoms with van der Waals surface area (Å²) in [6.07, 6.45) is 4.14. The molecule has 0 aromatic carbocycles. The molecule has 2 aromatic rings. The SMILES string of the molecule is CC(C)CCn1c(SCC#N)nc2sc3c(c2c1=O)CCC(C)C3. The van der Waals surface area contributed by atoms with E-state index in [1.165, 1.54) is 22.2 Å². The average Bonchev–Trinajstić information content (AvgIpc) is 2.89. The van der Waals surface area contributed by atoms with Crippen molar-refractivity contribution in [2.24, 2.45) is 11.8 Å². The number of fused-ring (bicyclic) bond motifs is 3. The second-order valence-electron chi connectivity index (χ2n) is 7.01. The fraction of sp³-hybridized carbons (Fsp3) is 0.611. The Labute approximate surface area is 150 Å². The molecular weight excluding hydrogens is 338 g/mol. The van der Waals surface area contributed by atoms with Gasteiger partial charge in [-0.2, -0.15) is 5.26 Å². The number of nitriles is 1. The summed E-state index contributed by atoms with van der Waals surface area (Å²) in [5, 5.41) is 10.4. The molecular formula is C18H23N3OS2. The Hall–Kier alpha value is -1.32. The number of aromatic nitrogens is 2. The van der Waals surface area contributed by atoms with Crippen molar-refractivity contribution in [3.8, 4) is 6.07 Å². The monoisotopic (exact) mass is 361 g/mol. The van der Waals surface area contributed by atoms with Crippen LogP contribution in [0.5, 0.6) is 0 Å². The van der Waals surface area contributed by atoms with Gasteiger partial charge in [0, 0.05) is 11.4 Å². The van der Waals surface area contributed by atoms with Crippen LogP contribution in [-0.4, -0.2) is 15.3 Å². The molecule has 24 heavy (non-hydrogen) atoms. The second-order valence-corrected chi connectivity index (χ2v) is 9.04. The van der Waals surface area contributed by atoms with Gasteiger partial charge >= 0.3 is 0 Å². The van der Waals surface area contributed by atoms with E-state index in [1.807, 2.05) is 0 Å². The van der Waals surface area contributed by atoms with Crippen molar-refractivity contribution in [3.05, 3.63) is 20.8 Å². The summed E-state index contributed by atoms with van der Waals surface area (Å²) >= 11 is 3.05. The van der Waals surface area contributed by atoms with Crippen molar-refractivity contribution < 1.29 is 0 Å². The summed E-state index contributed by atoms with van der Waals surface area (Å²) in [6.45, 7) is 7.27. The standard InChI is InChI=1S/C18H23N3OS2/c1-11(2)6-8-21-17(22)15-13-5-4-12(3)10-14(13)24-16(15)20-18(21)23-9-7-19/h11-12H,4-6,8-10H2,1-3H3. The van der Waals surface area contributed by atoms with Gasteiger partial charge in [0.05, 0.1) is 17.2 Å². The molecule has 1 unspecified atom stereocenters. The van der Waals surface area contributed by atoms with Gasteiger partial charge in [-0.25, -0.2) is 4.98 Å². The van der Waals surface area contributed by atoms with Crippen molar-refractivity contribution in [3.63, 3.8) is 0 Å². The minimum Gasteiger partial charge on any atom is -0.287 e. The van der Waals surface area contributed by atoms with E-state index < -0.39 is 0 Å². The lowest BCUT2D eigenvalue weighted by Gasteiger charge is -2.18. The van der Waals surface area contributed by atoms with Crippen LogP contribution in [0.4, 0.5) is 0 Å². The van der Waals surface area contributed by atoms with E-state index in [9.17, 15) is 4.79 Å². The van der Waals surface area contributed by atoms with Gasteiger partial charge in [0.25, 0.3) is 5.56 Å². The molecule has 0 N–H and O–H groups in total. The van der Waals surface area contributed by atoms with Crippen LogP contribution in [0.3, 0.4) is 0 Å². The van der Waals surface area contributed by atoms with Crippen LogP contribution in [0.25, 0.3) is 10.2 Å². The average molecular weight is 362 g/mol. The first-order valence-corrected chi connectivity index (χ1v) is 10.4. The lowest BCUT2D eigenvalue weighted by Crippen LogP contribution is -2.24. The number of thioether (sulfide) groups is 1. The zero-order valence-corrected chi connectivity index (χ0v) is 16.1. The Kier molecular flexibility index (Phi) is 5.31. The Balaban J connectivity index is 2.13. The third-order valence-corrected chi connectivity index (χ3v) is 6.57. The van der Waals surface area contributed by atoms with E-state index in [1.54, 1.807) is 15.9 Å². The molecule has 0 amide bonds. The third-order valence-electron chi connectivity index (χ3n) is 4.58. The van der Waals surface area contributed by atoms with Crippen molar-refractivity contribution in [2.75, 3.05) is 5.75 Å². The molecule has 2 aromatic heterocycles. The molecule has 128 valence electrons. The zero-order chi connectivity index (χ0) is 17.3. The first-order valence-electron chi connectivity index (χ1n) is 8.56. The fourth-order valence-electron chi connectivity index (χ4n) is 3.20. The summed E-state index contributed by atoms with van der Waals surface area (Å²) < 4.78 is 1.80. The molecule has 4 nitrogen and oxygen atoms in total. The Bertz CT molecular complexity index is 845. The van der Waals surface area contributed by atoms with Crippen LogP contribution in [0, 0.1) is 23.2 Å². The van der Waals surface area contributed by atoms with Crippen LogP contribution in [0.1, 0.15) is 44.1 Å². The lowest BCUT2D eigenvalue weighted by molar-refractivity contribution is 0.480. The highest BCUT2D eigenvalue weighted by Crippen LogP contribution is 2.36. The van der Waals surface area contributed by atoms with Gasteiger partial charge in [-0.05, 0) is 43.1 Å². The normalized spacial score (nSPS) is 17.2. The van der Waals surface area contributed by atoms with E-state index >= 15 is 0 Å². The maximum atomic E-state index is 13.2. The van der Waals surface area contributed by atoms with Crippen LogP contribution in [0.15, 0.2) is 9.95 Å². The molecule has 0 bridgehead atoms. The van der Waals surface area contributed by atoms with E-state index in [0.29, 0.717) is 29.3 Å². The second kappa shape index (κ2) is 7.28. The Morgan fingerprint density at radius 1 is 1.50 bits per heavy atom.